The number of allylic oxidation sites excluding steroid dienone is 1. The SMILES string of the molecule is CC/C=C/C[N+](CCO)(CCO)CCO. The van der Waals surface area contributed by atoms with E-state index in [9.17, 15) is 0 Å². The Kier molecular flexibility index (Phi) is 8.61. The zero-order valence-corrected chi connectivity index (χ0v) is 9.60. The van der Waals surface area contributed by atoms with Crippen LogP contribution in [-0.4, -0.2) is 65.8 Å². The molecule has 0 radical (unpaired) electrons. The number of quaternary nitrogens is 1. The van der Waals surface area contributed by atoms with Crippen molar-refractivity contribution in [2.75, 3.05) is 46.0 Å². The Morgan fingerprint density at radius 3 is 1.67 bits per heavy atom. The van der Waals surface area contributed by atoms with Crippen molar-refractivity contribution in [3.63, 3.8) is 0 Å². The number of aliphatic hydroxyl groups excluding tert-OH is 3. The van der Waals surface area contributed by atoms with Gasteiger partial charge in [0.15, 0.2) is 0 Å². The lowest BCUT2D eigenvalue weighted by Crippen LogP contribution is -2.53. The summed E-state index contributed by atoms with van der Waals surface area (Å²) in [6, 6.07) is 0. The minimum Gasteiger partial charge on any atom is -0.391 e. The molecule has 3 N–H and O–H groups in total. The highest BCUT2D eigenvalue weighted by atomic mass is 16.3. The van der Waals surface area contributed by atoms with Crippen molar-refractivity contribution in [3.8, 4) is 0 Å². The van der Waals surface area contributed by atoms with Crippen LogP contribution in [0, 0.1) is 0 Å². The van der Waals surface area contributed by atoms with Crippen LogP contribution in [0.5, 0.6) is 0 Å². The van der Waals surface area contributed by atoms with Gasteiger partial charge in [0.05, 0.1) is 26.4 Å². The largest absolute Gasteiger partial charge is 0.391 e. The maximum absolute atomic E-state index is 9.01. The van der Waals surface area contributed by atoms with Crippen LogP contribution in [0.2, 0.25) is 0 Å². The van der Waals surface area contributed by atoms with Gasteiger partial charge in [-0.3, -0.25) is 0 Å². The second-order valence-corrected chi connectivity index (χ2v) is 3.75. The minimum atomic E-state index is 0.0833. The first kappa shape index (κ1) is 14.6. The van der Waals surface area contributed by atoms with Crippen molar-refractivity contribution >= 4 is 0 Å². The molecule has 4 nitrogen and oxygen atoms in total. The van der Waals surface area contributed by atoms with Crippen molar-refractivity contribution in [2.45, 2.75) is 13.3 Å². The summed E-state index contributed by atoms with van der Waals surface area (Å²) < 4.78 is 0.556. The third kappa shape index (κ3) is 5.89. The van der Waals surface area contributed by atoms with E-state index in [0.717, 1.165) is 13.0 Å². The molecule has 0 amide bonds. The first-order valence-electron chi connectivity index (χ1n) is 5.57. The fraction of sp³-hybridized carbons (Fsp3) is 0.818. The molecular weight excluding hydrogens is 194 g/mol. The summed E-state index contributed by atoms with van der Waals surface area (Å²) >= 11 is 0. The summed E-state index contributed by atoms with van der Waals surface area (Å²) in [5, 5.41) is 27.0. The average molecular weight is 218 g/mol. The van der Waals surface area contributed by atoms with Gasteiger partial charge in [0.1, 0.15) is 19.6 Å². The van der Waals surface area contributed by atoms with Gasteiger partial charge in [0, 0.05) is 0 Å². The number of hydrogen-bond donors (Lipinski definition) is 3. The molecule has 0 saturated carbocycles. The van der Waals surface area contributed by atoms with E-state index in [-0.39, 0.29) is 19.8 Å². The summed E-state index contributed by atoms with van der Waals surface area (Å²) in [5.74, 6) is 0. The predicted molar refractivity (Wildman–Crippen MR) is 60.4 cm³/mol. The van der Waals surface area contributed by atoms with Crippen molar-refractivity contribution in [3.05, 3.63) is 12.2 Å². The number of aliphatic hydroxyl groups is 3. The maximum atomic E-state index is 9.01. The van der Waals surface area contributed by atoms with Gasteiger partial charge < -0.3 is 19.8 Å². The lowest BCUT2D eigenvalue weighted by Gasteiger charge is -2.36. The maximum Gasteiger partial charge on any atom is 0.102 e. The summed E-state index contributed by atoms with van der Waals surface area (Å²) in [7, 11) is 0. The third-order valence-electron chi connectivity index (χ3n) is 2.62. The number of rotatable bonds is 9. The van der Waals surface area contributed by atoms with E-state index in [2.05, 4.69) is 19.1 Å². The van der Waals surface area contributed by atoms with Crippen LogP contribution in [-0.2, 0) is 0 Å². The lowest BCUT2D eigenvalue weighted by molar-refractivity contribution is -0.923. The van der Waals surface area contributed by atoms with Crippen LogP contribution in [0.3, 0.4) is 0 Å². The molecule has 0 saturated heterocycles. The highest BCUT2D eigenvalue weighted by molar-refractivity contribution is 4.80. The molecule has 0 atom stereocenters. The fourth-order valence-electron chi connectivity index (χ4n) is 1.71. The van der Waals surface area contributed by atoms with Crippen LogP contribution < -0.4 is 0 Å². The molecule has 0 fully saturated rings. The highest BCUT2D eigenvalue weighted by Crippen LogP contribution is 2.06. The second-order valence-electron chi connectivity index (χ2n) is 3.75. The van der Waals surface area contributed by atoms with E-state index in [1.54, 1.807) is 0 Å². The fourth-order valence-corrected chi connectivity index (χ4v) is 1.71. The molecule has 0 spiro atoms. The predicted octanol–water partition coefficient (Wildman–Crippen LogP) is -0.254. The Morgan fingerprint density at radius 2 is 1.33 bits per heavy atom. The zero-order valence-electron chi connectivity index (χ0n) is 9.60. The number of hydrogen-bond acceptors (Lipinski definition) is 3. The van der Waals surface area contributed by atoms with Crippen LogP contribution in [0.15, 0.2) is 12.2 Å². The highest BCUT2D eigenvalue weighted by Gasteiger charge is 2.24. The molecule has 90 valence electrons. The Labute approximate surface area is 92.1 Å². The van der Waals surface area contributed by atoms with E-state index >= 15 is 0 Å². The average Bonchev–Trinajstić information content (AvgIpc) is 2.19. The minimum absolute atomic E-state index is 0.0833. The molecule has 0 aliphatic rings. The van der Waals surface area contributed by atoms with E-state index in [1.807, 2.05) is 0 Å². The Morgan fingerprint density at radius 1 is 0.867 bits per heavy atom. The third-order valence-corrected chi connectivity index (χ3v) is 2.62. The van der Waals surface area contributed by atoms with Gasteiger partial charge in [-0.1, -0.05) is 13.0 Å². The zero-order chi connectivity index (χ0) is 11.6. The van der Waals surface area contributed by atoms with E-state index in [0.29, 0.717) is 24.1 Å². The molecule has 0 aromatic heterocycles. The van der Waals surface area contributed by atoms with Crippen molar-refractivity contribution in [2.24, 2.45) is 0 Å². The first-order chi connectivity index (χ1) is 7.24. The Hall–Kier alpha value is -0.420. The van der Waals surface area contributed by atoms with Crippen LogP contribution in [0.25, 0.3) is 0 Å². The summed E-state index contributed by atoms with van der Waals surface area (Å²) in [5.41, 5.74) is 0. The lowest BCUT2D eigenvalue weighted by atomic mass is 10.3. The first-order valence-corrected chi connectivity index (χ1v) is 5.57. The van der Waals surface area contributed by atoms with Crippen LogP contribution >= 0.6 is 0 Å². The number of nitrogens with zero attached hydrogens (tertiary/aromatic N) is 1. The molecule has 0 heterocycles. The van der Waals surface area contributed by atoms with Gasteiger partial charge in [-0.05, 0) is 12.5 Å². The van der Waals surface area contributed by atoms with Crippen molar-refractivity contribution < 1.29 is 19.8 Å². The molecule has 0 unspecified atom stereocenters. The summed E-state index contributed by atoms with van der Waals surface area (Å²) in [6.07, 6.45) is 5.11. The van der Waals surface area contributed by atoms with Crippen molar-refractivity contribution in [1.82, 2.24) is 0 Å². The smallest absolute Gasteiger partial charge is 0.102 e. The van der Waals surface area contributed by atoms with Gasteiger partial charge in [-0.25, -0.2) is 0 Å². The van der Waals surface area contributed by atoms with E-state index in [4.69, 9.17) is 15.3 Å². The topological polar surface area (TPSA) is 60.7 Å². The molecule has 0 aliphatic heterocycles. The Balaban J connectivity index is 4.37. The van der Waals surface area contributed by atoms with Gasteiger partial charge in [0.25, 0.3) is 0 Å². The van der Waals surface area contributed by atoms with Gasteiger partial charge in [-0.15, -0.1) is 0 Å². The normalized spacial score (nSPS) is 12.5. The molecule has 0 aliphatic carbocycles. The van der Waals surface area contributed by atoms with E-state index < -0.39 is 0 Å². The van der Waals surface area contributed by atoms with Crippen LogP contribution in [0.1, 0.15) is 13.3 Å². The molecule has 0 aromatic rings. The van der Waals surface area contributed by atoms with Gasteiger partial charge in [-0.2, -0.15) is 0 Å². The second kappa shape index (κ2) is 8.85. The molecule has 0 rings (SSSR count). The Bertz CT molecular complexity index is 154. The van der Waals surface area contributed by atoms with E-state index in [1.165, 1.54) is 0 Å². The summed E-state index contributed by atoms with van der Waals surface area (Å²) in [6.45, 7) is 4.81. The molecule has 0 bridgehead atoms. The monoisotopic (exact) mass is 218 g/mol. The van der Waals surface area contributed by atoms with Crippen molar-refractivity contribution in [1.29, 1.82) is 0 Å². The molecule has 4 heteroatoms. The standard InChI is InChI=1S/C11H24NO3/c1-2-3-4-5-12(6-9-13,7-10-14)8-11-15/h3-4,13-15H,2,5-11H2,1H3/q+1/b4-3+. The molecule has 15 heavy (non-hydrogen) atoms. The molecular formula is C11H24NO3+. The molecule has 0 aromatic carbocycles. The van der Waals surface area contributed by atoms with Crippen LogP contribution in [0.4, 0.5) is 0 Å². The summed E-state index contributed by atoms with van der Waals surface area (Å²) in [4.78, 5) is 0. The quantitative estimate of drug-likeness (QED) is 0.369. The van der Waals surface area contributed by atoms with Gasteiger partial charge in [0.2, 0.25) is 0 Å². The van der Waals surface area contributed by atoms with Gasteiger partial charge >= 0.3 is 0 Å².